The van der Waals surface area contributed by atoms with E-state index < -0.39 is 0 Å². The van der Waals surface area contributed by atoms with Crippen LogP contribution in [0.3, 0.4) is 0 Å². The molecule has 1 aliphatic rings. The van der Waals surface area contributed by atoms with Crippen molar-refractivity contribution in [2.24, 2.45) is 0 Å². The summed E-state index contributed by atoms with van der Waals surface area (Å²) in [5.41, 5.74) is 3.64. The van der Waals surface area contributed by atoms with Crippen LogP contribution in [0.4, 0.5) is 0 Å². The first-order chi connectivity index (χ1) is 12.1. The lowest BCUT2D eigenvalue weighted by molar-refractivity contribution is 0.0303. The summed E-state index contributed by atoms with van der Waals surface area (Å²) in [5, 5.41) is 9.36. The van der Waals surface area contributed by atoms with Crippen molar-refractivity contribution in [3.8, 4) is 17.3 Å². The van der Waals surface area contributed by atoms with Gasteiger partial charge in [0.1, 0.15) is 6.07 Å². The summed E-state index contributed by atoms with van der Waals surface area (Å²) in [6.07, 6.45) is 0. The molecule has 0 radical (unpaired) electrons. The fourth-order valence-electron chi connectivity index (χ4n) is 2.83. The standard InChI is InChI=1S/C20H21N3O2/c1-14(2)18-8-7-17(13-21)19(22-18)15-3-5-16(6-4-15)20(24)23-9-11-25-12-10-23/h3-8,14H,9-12H2,1-2H3. The summed E-state index contributed by atoms with van der Waals surface area (Å²) in [7, 11) is 0. The van der Waals surface area contributed by atoms with Crippen LogP contribution in [0.15, 0.2) is 36.4 Å². The molecule has 1 aromatic carbocycles. The summed E-state index contributed by atoms with van der Waals surface area (Å²) in [5.74, 6) is 0.299. The van der Waals surface area contributed by atoms with Gasteiger partial charge in [-0.3, -0.25) is 9.78 Å². The number of pyridine rings is 1. The predicted molar refractivity (Wildman–Crippen MR) is 95.2 cm³/mol. The number of amides is 1. The predicted octanol–water partition coefficient (Wildman–Crippen LogP) is 3.22. The van der Waals surface area contributed by atoms with Gasteiger partial charge in [0.15, 0.2) is 0 Å². The smallest absolute Gasteiger partial charge is 0.254 e. The third kappa shape index (κ3) is 3.70. The highest BCUT2D eigenvalue weighted by Crippen LogP contribution is 2.25. The van der Waals surface area contributed by atoms with E-state index in [0.29, 0.717) is 43.1 Å². The summed E-state index contributed by atoms with van der Waals surface area (Å²) >= 11 is 0. The lowest BCUT2D eigenvalue weighted by atomic mass is 10.0. The molecule has 0 N–H and O–H groups in total. The van der Waals surface area contributed by atoms with Gasteiger partial charge < -0.3 is 9.64 Å². The number of rotatable bonds is 3. The molecule has 2 heterocycles. The Hall–Kier alpha value is -2.71. The maximum Gasteiger partial charge on any atom is 0.254 e. The van der Waals surface area contributed by atoms with E-state index in [1.807, 2.05) is 24.3 Å². The molecule has 0 bridgehead atoms. The highest BCUT2D eigenvalue weighted by Gasteiger charge is 2.18. The largest absolute Gasteiger partial charge is 0.378 e. The van der Waals surface area contributed by atoms with Crippen molar-refractivity contribution in [3.05, 3.63) is 53.2 Å². The zero-order valence-corrected chi connectivity index (χ0v) is 14.5. The second-order valence-corrected chi connectivity index (χ2v) is 6.38. The van der Waals surface area contributed by atoms with E-state index in [9.17, 15) is 10.1 Å². The molecule has 128 valence electrons. The first-order valence-corrected chi connectivity index (χ1v) is 8.48. The number of nitriles is 1. The molecule has 1 fully saturated rings. The zero-order valence-electron chi connectivity index (χ0n) is 14.5. The molecular formula is C20H21N3O2. The molecule has 0 saturated carbocycles. The summed E-state index contributed by atoms with van der Waals surface area (Å²) in [6, 6.07) is 13.2. The second kappa shape index (κ2) is 7.45. The van der Waals surface area contributed by atoms with E-state index >= 15 is 0 Å². The third-order valence-corrected chi connectivity index (χ3v) is 4.33. The number of aromatic nitrogens is 1. The van der Waals surface area contributed by atoms with Crippen molar-refractivity contribution in [2.75, 3.05) is 26.3 Å². The van der Waals surface area contributed by atoms with Gasteiger partial charge in [-0.05, 0) is 30.2 Å². The molecule has 25 heavy (non-hydrogen) atoms. The van der Waals surface area contributed by atoms with Gasteiger partial charge in [0, 0.05) is 29.9 Å². The Bertz CT molecular complexity index is 801. The van der Waals surface area contributed by atoms with Gasteiger partial charge in [-0.2, -0.15) is 5.26 Å². The van der Waals surface area contributed by atoms with Gasteiger partial charge in [0.25, 0.3) is 5.91 Å². The van der Waals surface area contributed by atoms with E-state index in [1.54, 1.807) is 17.0 Å². The number of nitrogens with zero attached hydrogens (tertiary/aromatic N) is 3. The first kappa shape index (κ1) is 17.1. The molecule has 1 aliphatic heterocycles. The Morgan fingerprint density at radius 2 is 1.84 bits per heavy atom. The number of benzene rings is 1. The van der Waals surface area contributed by atoms with Gasteiger partial charge in [-0.15, -0.1) is 0 Å². The average molecular weight is 335 g/mol. The van der Waals surface area contributed by atoms with Crippen LogP contribution in [-0.4, -0.2) is 42.1 Å². The Labute approximate surface area is 147 Å². The maximum absolute atomic E-state index is 12.5. The Kier molecular flexibility index (Phi) is 5.11. The third-order valence-electron chi connectivity index (χ3n) is 4.33. The summed E-state index contributed by atoms with van der Waals surface area (Å²) < 4.78 is 5.29. The van der Waals surface area contributed by atoms with E-state index in [4.69, 9.17) is 4.74 Å². The van der Waals surface area contributed by atoms with Gasteiger partial charge in [-0.1, -0.05) is 26.0 Å². The second-order valence-electron chi connectivity index (χ2n) is 6.38. The number of carbonyl (C=O) groups excluding carboxylic acids is 1. The lowest BCUT2D eigenvalue weighted by Gasteiger charge is -2.26. The SMILES string of the molecule is CC(C)c1ccc(C#N)c(-c2ccc(C(=O)N3CCOCC3)cc2)n1. The highest BCUT2D eigenvalue weighted by molar-refractivity contribution is 5.94. The Morgan fingerprint density at radius 1 is 1.16 bits per heavy atom. The number of carbonyl (C=O) groups is 1. The fraction of sp³-hybridized carbons (Fsp3) is 0.350. The van der Waals surface area contributed by atoms with Crippen LogP contribution in [0, 0.1) is 11.3 Å². The van der Waals surface area contributed by atoms with Crippen molar-refractivity contribution < 1.29 is 9.53 Å². The number of hydrogen-bond acceptors (Lipinski definition) is 4. The van der Waals surface area contributed by atoms with Crippen LogP contribution in [0.5, 0.6) is 0 Å². The molecule has 5 heteroatoms. The first-order valence-electron chi connectivity index (χ1n) is 8.48. The minimum absolute atomic E-state index is 0.0132. The monoisotopic (exact) mass is 335 g/mol. The van der Waals surface area contributed by atoms with E-state index in [1.165, 1.54) is 0 Å². The normalized spacial score (nSPS) is 14.4. The minimum atomic E-state index is 0.0132. The number of morpholine rings is 1. The van der Waals surface area contributed by atoms with Crippen LogP contribution in [0.25, 0.3) is 11.3 Å². The molecule has 0 spiro atoms. The number of ether oxygens (including phenoxy) is 1. The maximum atomic E-state index is 12.5. The Balaban J connectivity index is 1.88. The molecule has 0 atom stereocenters. The fourth-order valence-corrected chi connectivity index (χ4v) is 2.83. The molecule has 2 aromatic rings. The van der Waals surface area contributed by atoms with E-state index in [0.717, 1.165) is 11.3 Å². The molecule has 1 saturated heterocycles. The summed E-state index contributed by atoms with van der Waals surface area (Å²) in [4.78, 5) is 19.0. The van der Waals surface area contributed by atoms with E-state index in [-0.39, 0.29) is 11.8 Å². The van der Waals surface area contributed by atoms with Crippen LogP contribution < -0.4 is 0 Å². The highest BCUT2D eigenvalue weighted by atomic mass is 16.5. The van der Waals surface area contributed by atoms with Crippen molar-refractivity contribution >= 4 is 5.91 Å². The summed E-state index contributed by atoms with van der Waals surface area (Å²) in [6.45, 7) is 6.56. The van der Waals surface area contributed by atoms with Crippen LogP contribution in [0.2, 0.25) is 0 Å². The van der Waals surface area contributed by atoms with Crippen molar-refractivity contribution in [2.45, 2.75) is 19.8 Å². The van der Waals surface area contributed by atoms with Gasteiger partial charge in [0.2, 0.25) is 0 Å². The molecule has 1 amide bonds. The Morgan fingerprint density at radius 3 is 2.44 bits per heavy atom. The van der Waals surface area contributed by atoms with Gasteiger partial charge in [-0.25, -0.2) is 0 Å². The van der Waals surface area contributed by atoms with Crippen molar-refractivity contribution in [3.63, 3.8) is 0 Å². The quantitative estimate of drug-likeness (QED) is 0.864. The van der Waals surface area contributed by atoms with Crippen LogP contribution in [-0.2, 0) is 4.74 Å². The lowest BCUT2D eigenvalue weighted by Crippen LogP contribution is -2.40. The molecule has 0 unspecified atom stereocenters. The van der Waals surface area contributed by atoms with Crippen molar-refractivity contribution in [1.29, 1.82) is 5.26 Å². The molecule has 0 aliphatic carbocycles. The molecule has 3 rings (SSSR count). The molecule has 5 nitrogen and oxygen atoms in total. The zero-order chi connectivity index (χ0) is 17.8. The van der Waals surface area contributed by atoms with Crippen molar-refractivity contribution in [1.82, 2.24) is 9.88 Å². The molecular weight excluding hydrogens is 314 g/mol. The molecule has 1 aromatic heterocycles. The van der Waals surface area contributed by atoms with Gasteiger partial charge >= 0.3 is 0 Å². The average Bonchev–Trinajstić information content (AvgIpc) is 2.67. The van der Waals surface area contributed by atoms with Crippen LogP contribution >= 0.6 is 0 Å². The topological polar surface area (TPSA) is 66.2 Å². The van der Waals surface area contributed by atoms with Crippen LogP contribution in [0.1, 0.15) is 41.4 Å². The number of hydrogen-bond donors (Lipinski definition) is 0. The van der Waals surface area contributed by atoms with Gasteiger partial charge in [0.05, 0.1) is 24.5 Å². The minimum Gasteiger partial charge on any atom is -0.378 e. The van der Waals surface area contributed by atoms with E-state index in [2.05, 4.69) is 24.9 Å².